The molecular weight excluding hydrogens is 330 g/mol. The van der Waals surface area contributed by atoms with Crippen LogP contribution in [0.3, 0.4) is 0 Å². The van der Waals surface area contributed by atoms with Gasteiger partial charge in [-0.1, -0.05) is 6.58 Å². The van der Waals surface area contributed by atoms with Gasteiger partial charge >= 0.3 is 6.55 Å². The fourth-order valence-corrected chi connectivity index (χ4v) is 2.47. The van der Waals surface area contributed by atoms with Crippen molar-refractivity contribution in [2.75, 3.05) is 30.4 Å². The van der Waals surface area contributed by atoms with E-state index >= 15 is 0 Å². The van der Waals surface area contributed by atoms with Gasteiger partial charge in [-0.15, -0.1) is 0 Å². The summed E-state index contributed by atoms with van der Waals surface area (Å²) in [5.41, 5.74) is 5.52. The van der Waals surface area contributed by atoms with Crippen LogP contribution in [0.15, 0.2) is 30.7 Å². The van der Waals surface area contributed by atoms with Gasteiger partial charge in [0.05, 0.1) is 11.9 Å². The van der Waals surface area contributed by atoms with E-state index in [0.717, 1.165) is 38.6 Å². The molecule has 7 nitrogen and oxygen atoms in total. The molecule has 25 heavy (non-hydrogen) atoms. The van der Waals surface area contributed by atoms with E-state index in [1.165, 1.54) is 19.3 Å². The molecule has 0 radical (unpaired) electrons. The Bertz CT molecular complexity index is 658. The number of carbonyl (C=O) groups is 1. The van der Waals surface area contributed by atoms with Crippen molar-refractivity contribution in [2.24, 2.45) is 5.73 Å². The highest BCUT2D eigenvalue weighted by molar-refractivity contribution is 5.96. The number of amides is 1. The first-order chi connectivity index (χ1) is 11.9. The first-order valence-electron chi connectivity index (χ1n) is 7.95. The van der Waals surface area contributed by atoms with E-state index in [9.17, 15) is 13.6 Å². The number of nitrogens with two attached hydrogens (primary N) is 1. The summed E-state index contributed by atoms with van der Waals surface area (Å²) in [5.74, 6) is -0.0342. The molecular formula is C16H22F2N6O. The van der Waals surface area contributed by atoms with Crippen LogP contribution in [0.25, 0.3) is 0 Å². The van der Waals surface area contributed by atoms with Gasteiger partial charge in [0.2, 0.25) is 0 Å². The quantitative estimate of drug-likeness (QED) is 0.578. The number of allylic oxidation sites excluding steroid dienone is 1. The smallest absolute Gasteiger partial charge is 0.314 e. The van der Waals surface area contributed by atoms with Crippen molar-refractivity contribution in [1.29, 1.82) is 0 Å². The summed E-state index contributed by atoms with van der Waals surface area (Å²) in [6.45, 7) is 2.61. The van der Waals surface area contributed by atoms with Crippen LogP contribution in [0.1, 0.15) is 29.8 Å². The lowest BCUT2D eigenvalue weighted by Crippen LogP contribution is -2.31. The molecule has 0 bridgehead atoms. The van der Waals surface area contributed by atoms with Crippen LogP contribution in [0.2, 0.25) is 0 Å². The Morgan fingerprint density at radius 1 is 1.44 bits per heavy atom. The number of hydrogen-bond donors (Lipinski definition) is 2. The molecule has 0 aliphatic carbocycles. The van der Waals surface area contributed by atoms with E-state index in [-0.39, 0.29) is 17.2 Å². The Kier molecular flexibility index (Phi) is 6.26. The predicted octanol–water partition coefficient (Wildman–Crippen LogP) is 2.16. The van der Waals surface area contributed by atoms with Crippen LogP contribution >= 0.6 is 0 Å². The first-order valence-corrected chi connectivity index (χ1v) is 7.95. The number of rotatable bonds is 7. The molecule has 1 saturated heterocycles. The normalized spacial score (nSPS) is 15.2. The first kappa shape index (κ1) is 18.6. The lowest BCUT2D eigenvalue weighted by atomic mass is 10.1. The van der Waals surface area contributed by atoms with Gasteiger partial charge in [-0.25, -0.2) is 9.97 Å². The number of nitrogens with zero attached hydrogens (tertiary/aromatic N) is 4. The fraction of sp³-hybridized carbons (Fsp3) is 0.438. The van der Waals surface area contributed by atoms with Gasteiger partial charge in [0.25, 0.3) is 5.91 Å². The summed E-state index contributed by atoms with van der Waals surface area (Å²) in [6.07, 6.45) is 7.28. The molecule has 1 aliphatic heterocycles. The highest BCUT2D eigenvalue weighted by Crippen LogP contribution is 2.21. The molecule has 136 valence electrons. The summed E-state index contributed by atoms with van der Waals surface area (Å²) in [5, 5.41) is 2.81. The number of nitrogens with one attached hydrogen (secondary N) is 1. The molecule has 2 rings (SSSR count). The number of halogens is 2. The number of hydrogen-bond acceptors (Lipinski definition) is 6. The minimum atomic E-state index is -2.67. The number of aromatic nitrogens is 2. The Morgan fingerprint density at radius 3 is 2.68 bits per heavy atom. The molecule has 2 heterocycles. The van der Waals surface area contributed by atoms with Crippen LogP contribution < -0.4 is 16.0 Å². The van der Waals surface area contributed by atoms with Gasteiger partial charge in [-0.05, 0) is 25.3 Å². The Labute approximate surface area is 145 Å². The molecule has 1 aromatic heterocycles. The zero-order valence-electron chi connectivity index (χ0n) is 14.1. The van der Waals surface area contributed by atoms with Crippen LogP contribution in [0.4, 0.5) is 20.4 Å². The molecule has 1 fully saturated rings. The molecule has 1 amide bonds. The molecule has 9 heteroatoms. The maximum atomic E-state index is 12.7. The van der Waals surface area contributed by atoms with Crippen molar-refractivity contribution >= 4 is 17.5 Å². The zero-order valence-corrected chi connectivity index (χ0v) is 14.1. The summed E-state index contributed by atoms with van der Waals surface area (Å²) < 4.78 is 25.4. The van der Waals surface area contributed by atoms with Crippen molar-refractivity contribution in [3.8, 4) is 0 Å². The average Bonchev–Trinajstić information content (AvgIpc) is 2.61. The molecule has 1 aliphatic rings. The zero-order chi connectivity index (χ0) is 18.4. The average molecular weight is 352 g/mol. The molecule has 0 spiro atoms. The topological polar surface area (TPSA) is 87.4 Å². The third-order valence-electron chi connectivity index (χ3n) is 3.81. The number of anilines is 2. The SMILES string of the molecule is C=C/C(=C\N(C)C(F)F)Nc1nc(N2CCCCC2)cnc1C(N)=O. The lowest BCUT2D eigenvalue weighted by Gasteiger charge is -2.28. The third kappa shape index (κ3) is 4.88. The van der Waals surface area contributed by atoms with Gasteiger partial charge < -0.3 is 20.9 Å². The van der Waals surface area contributed by atoms with E-state index in [0.29, 0.717) is 10.7 Å². The largest absolute Gasteiger partial charge is 0.364 e. The van der Waals surface area contributed by atoms with Gasteiger partial charge in [0.1, 0.15) is 5.82 Å². The summed E-state index contributed by atoms with van der Waals surface area (Å²) >= 11 is 0. The maximum absolute atomic E-state index is 12.7. The fourth-order valence-electron chi connectivity index (χ4n) is 2.47. The van der Waals surface area contributed by atoms with Crippen molar-refractivity contribution < 1.29 is 13.6 Å². The second-order valence-electron chi connectivity index (χ2n) is 5.69. The van der Waals surface area contributed by atoms with Gasteiger partial charge in [0.15, 0.2) is 11.5 Å². The number of carbonyl (C=O) groups excluding carboxylic acids is 1. The second kappa shape index (κ2) is 8.41. The molecule has 0 atom stereocenters. The molecule has 1 aromatic rings. The summed E-state index contributed by atoms with van der Waals surface area (Å²) in [4.78, 5) is 22.9. The van der Waals surface area contributed by atoms with Crippen molar-refractivity contribution in [3.05, 3.63) is 36.4 Å². The van der Waals surface area contributed by atoms with Crippen LogP contribution in [-0.4, -0.2) is 47.5 Å². The highest BCUT2D eigenvalue weighted by Gasteiger charge is 2.18. The number of primary amides is 1. The molecule has 0 unspecified atom stereocenters. The molecule has 3 N–H and O–H groups in total. The number of piperidine rings is 1. The van der Waals surface area contributed by atoms with E-state index in [1.807, 2.05) is 0 Å². The Morgan fingerprint density at radius 2 is 2.12 bits per heavy atom. The summed E-state index contributed by atoms with van der Waals surface area (Å²) in [7, 11) is 1.22. The van der Waals surface area contributed by atoms with E-state index in [4.69, 9.17) is 5.73 Å². The minimum absolute atomic E-state index is 0.0618. The monoisotopic (exact) mass is 352 g/mol. The van der Waals surface area contributed by atoms with Gasteiger partial charge in [-0.3, -0.25) is 4.79 Å². The predicted molar refractivity (Wildman–Crippen MR) is 92.3 cm³/mol. The highest BCUT2D eigenvalue weighted by atomic mass is 19.3. The molecule has 0 aromatic carbocycles. The second-order valence-corrected chi connectivity index (χ2v) is 5.69. The van der Waals surface area contributed by atoms with E-state index in [2.05, 4.69) is 26.8 Å². The Hall–Kier alpha value is -2.71. The maximum Gasteiger partial charge on any atom is 0.314 e. The summed E-state index contributed by atoms with van der Waals surface area (Å²) in [6, 6.07) is 0. The van der Waals surface area contributed by atoms with Crippen molar-refractivity contribution in [3.63, 3.8) is 0 Å². The minimum Gasteiger partial charge on any atom is -0.364 e. The van der Waals surface area contributed by atoms with Gasteiger partial charge in [0, 0.05) is 26.3 Å². The van der Waals surface area contributed by atoms with E-state index < -0.39 is 12.5 Å². The standard InChI is InChI=1S/C16H22F2N6O/c1-3-11(10-23(2)16(17)18)21-15-13(14(19)25)20-9-12(22-15)24-7-5-4-6-8-24/h3,9-10,16H,1,4-8H2,2H3,(H2,19,25)(H,21,22)/b11-10+. The van der Waals surface area contributed by atoms with Crippen LogP contribution in [0, 0.1) is 0 Å². The Balaban J connectivity index is 2.32. The van der Waals surface area contributed by atoms with Crippen LogP contribution in [-0.2, 0) is 0 Å². The van der Waals surface area contributed by atoms with E-state index in [1.54, 1.807) is 0 Å². The number of alkyl halides is 2. The molecule has 0 saturated carbocycles. The third-order valence-corrected chi connectivity index (χ3v) is 3.81. The lowest BCUT2D eigenvalue weighted by molar-refractivity contribution is 0.0223. The van der Waals surface area contributed by atoms with Crippen molar-refractivity contribution in [2.45, 2.75) is 25.8 Å². The van der Waals surface area contributed by atoms with Crippen LogP contribution in [0.5, 0.6) is 0 Å². The van der Waals surface area contributed by atoms with Gasteiger partial charge in [-0.2, -0.15) is 8.78 Å². The van der Waals surface area contributed by atoms with Crippen molar-refractivity contribution in [1.82, 2.24) is 14.9 Å².